The fraction of sp³-hybridized carbons (Fsp3) is 0.750. The first-order valence-corrected chi connectivity index (χ1v) is 8.92. The van der Waals surface area contributed by atoms with Crippen LogP contribution in [0.3, 0.4) is 0 Å². The SMILES string of the molecule is Cc1nc([C@@H](C)NC(=O)N2CC[C@H](OCCC(C)C)C2)cs1. The van der Waals surface area contributed by atoms with Crippen LogP contribution in [0.1, 0.15) is 50.4 Å². The van der Waals surface area contributed by atoms with Gasteiger partial charge in [0.15, 0.2) is 0 Å². The lowest BCUT2D eigenvalue weighted by molar-refractivity contribution is 0.0542. The molecule has 2 atom stereocenters. The Morgan fingerprint density at radius 3 is 2.95 bits per heavy atom. The lowest BCUT2D eigenvalue weighted by Crippen LogP contribution is -2.40. The monoisotopic (exact) mass is 325 g/mol. The Kier molecular flexibility index (Phi) is 6.20. The van der Waals surface area contributed by atoms with Crippen LogP contribution in [-0.4, -0.2) is 41.7 Å². The molecule has 1 aromatic rings. The maximum atomic E-state index is 12.3. The van der Waals surface area contributed by atoms with Gasteiger partial charge in [0.1, 0.15) is 0 Å². The van der Waals surface area contributed by atoms with E-state index in [0.29, 0.717) is 12.5 Å². The molecule has 2 amide bonds. The van der Waals surface area contributed by atoms with Crippen molar-refractivity contribution in [3.8, 4) is 0 Å². The van der Waals surface area contributed by atoms with Crippen LogP contribution in [-0.2, 0) is 4.74 Å². The number of nitrogens with zero attached hydrogens (tertiary/aromatic N) is 2. The number of thiazole rings is 1. The van der Waals surface area contributed by atoms with Gasteiger partial charge in [-0.3, -0.25) is 0 Å². The summed E-state index contributed by atoms with van der Waals surface area (Å²) in [4.78, 5) is 18.6. The molecule has 124 valence electrons. The Bertz CT molecular complexity index is 489. The Balaban J connectivity index is 1.74. The van der Waals surface area contributed by atoms with Gasteiger partial charge in [-0.1, -0.05) is 13.8 Å². The van der Waals surface area contributed by atoms with Crippen molar-refractivity contribution in [2.45, 2.75) is 52.7 Å². The van der Waals surface area contributed by atoms with Gasteiger partial charge >= 0.3 is 6.03 Å². The maximum absolute atomic E-state index is 12.3. The first kappa shape index (κ1) is 17.2. The van der Waals surface area contributed by atoms with E-state index in [-0.39, 0.29) is 18.2 Å². The van der Waals surface area contributed by atoms with Gasteiger partial charge in [-0.25, -0.2) is 9.78 Å². The number of ether oxygens (including phenoxy) is 1. The topological polar surface area (TPSA) is 54.5 Å². The van der Waals surface area contributed by atoms with Crippen LogP contribution in [0, 0.1) is 12.8 Å². The zero-order chi connectivity index (χ0) is 16.1. The van der Waals surface area contributed by atoms with Gasteiger partial charge in [0.05, 0.1) is 22.8 Å². The van der Waals surface area contributed by atoms with E-state index in [4.69, 9.17) is 4.74 Å². The number of aryl methyl sites for hydroxylation is 1. The second kappa shape index (κ2) is 7.92. The minimum absolute atomic E-state index is 0.0203. The van der Waals surface area contributed by atoms with Crippen molar-refractivity contribution >= 4 is 17.4 Å². The first-order valence-electron chi connectivity index (χ1n) is 8.04. The minimum Gasteiger partial charge on any atom is -0.376 e. The third-order valence-electron chi connectivity index (χ3n) is 3.90. The molecular formula is C16H27N3O2S. The van der Waals surface area contributed by atoms with E-state index >= 15 is 0 Å². The van der Waals surface area contributed by atoms with Crippen LogP contribution >= 0.6 is 11.3 Å². The highest BCUT2D eigenvalue weighted by Gasteiger charge is 2.27. The van der Waals surface area contributed by atoms with E-state index < -0.39 is 0 Å². The molecule has 2 rings (SSSR count). The first-order chi connectivity index (χ1) is 10.5. The van der Waals surface area contributed by atoms with Crippen molar-refractivity contribution < 1.29 is 9.53 Å². The fourth-order valence-electron chi connectivity index (χ4n) is 2.45. The predicted octanol–water partition coefficient (Wildman–Crippen LogP) is 3.36. The molecule has 0 unspecified atom stereocenters. The average Bonchev–Trinajstić information content (AvgIpc) is 3.07. The van der Waals surface area contributed by atoms with E-state index in [1.807, 2.05) is 24.1 Å². The average molecular weight is 325 g/mol. The summed E-state index contributed by atoms with van der Waals surface area (Å²) in [6.45, 7) is 10.6. The molecule has 0 aliphatic carbocycles. The zero-order valence-corrected chi connectivity index (χ0v) is 14.8. The molecule has 0 saturated carbocycles. The van der Waals surface area contributed by atoms with Crippen molar-refractivity contribution in [2.75, 3.05) is 19.7 Å². The molecule has 1 N–H and O–H groups in total. The summed E-state index contributed by atoms with van der Waals surface area (Å²) in [7, 11) is 0. The number of carbonyl (C=O) groups is 1. The third-order valence-corrected chi connectivity index (χ3v) is 4.69. The second-order valence-electron chi connectivity index (χ2n) is 6.37. The van der Waals surface area contributed by atoms with Crippen LogP contribution < -0.4 is 5.32 Å². The molecular weight excluding hydrogens is 298 g/mol. The van der Waals surface area contributed by atoms with Gasteiger partial charge < -0.3 is 15.0 Å². The zero-order valence-electron chi connectivity index (χ0n) is 14.0. The number of nitrogens with one attached hydrogen (secondary N) is 1. The lowest BCUT2D eigenvalue weighted by Gasteiger charge is -2.20. The van der Waals surface area contributed by atoms with Crippen molar-refractivity contribution in [3.63, 3.8) is 0 Å². The van der Waals surface area contributed by atoms with Gasteiger partial charge in [-0.05, 0) is 32.6 Å². The number of hydrogen-bond acceptors (Lipinski definition) is 4. The maximum Gasteiger partial charge on any atom is 0.318 e. The molecule has 0 radical (unpaired) electrons. The minimum atomic E-state index is -0.0571. The number of carbonyl (C=O) groups excluding carboxylic acids is 1. The Morgan fingerprint density at radius 1 is 1.55 bits per heavy atom. The summed E-state index contributed by atoms with van der Waals surface area (Å²) >= 11 is 1.61. The quantitative estimate of drug-likeness (QED) is 0.872. The van der Waals surface area contributed by atoms with E-state index in [9.17, 15) is 4.79 Å². The number of amides is 2. The molecule has 22 heavy (non-hydrogen) atoms. The smallest absolute Gasteiger partial charge is 0.318 e. The number of hydrogen-bond donors (Lipinski definition) is 1. The Hall–Kier alpha value is -1.14. The van der Waals surface area contributed by atoms with Crippen LogP contribution in [0.15, 0.2) is 5.38 Å². The summed E-state index contributed by atoms with van der Waals surface area (Å²) in [6, 6.07) is -0.0773. The van der Waals surface area contributed by atoms with Crippen molar-refractivity contribution in [2.24, 2.45) is 5.92 Å². The van der Waals surface area contributed by atoms with Gasteiger partial charge in [-0.2, -0.15) is 0 Å². The fourth-order valence-corrected chi connectivity index (χ4v) is 3.15. The normalized spacial score (nSPS) is 19.7. The van der Waals surface area contributed by atoms with Crippen molar-refractivity contribution in [3.05, 3.63) is 16.1 Å². The van der Waals surface area contributed by atoms with Crippen LogP contribution in [0.25, 0.3) is 0 Å². The largest absolute Gasteiger partial charge is 0.376 e. The highest BCUT2D eigenvalue weighted by atomic mass is 32.1. The van der Waals surface area contributed by atoms with Crippen molar-refractivity contribution in [1.82, 2.24) is 15.2 Å². The number of likely N-dealkylation sites (tertiary alicyclic amines) is 1. The summed E-state index contributed by atoms with van der Waals surface area (Å²) in [6.07, 6.45) is 2.18. The molecule has 0 bridgehead atoms. The molecule has 0 aromatic carbocycles. The molecule has 2 heterocycles. The van der Waals surface area contributed by atoms with Crippen LogP contribution in [0.4, 0.5) is 4.79 Å². The van der Waals surface area contributed by atoms with Gasteiger partial charge in [0.2, 0.25) is 0 Å². The summed E-state index contributed by atoms with van der Waals surface area (Å²) in [5.74, 6) is 0.656. The van der Waals surface area contributed by atoms with Gasteiger partial charge in [0, 0.05) is 25.1 Å². The number of urea groups is 1. The standard InChI is InChI=1S/C16H27N3O2S/c1-11(2)6-8-21-14-5-7-19(9-14)16(20)17-12(3)15-10-22-13(4)18-15/h10-12,14H,5-9H2,1-4H3,(H,17,20)/t12-,14+/m1/s1. The molecule has 1 fully saturated rings. The second-order valence-corrected chi connectivity index (χ2v) is 7.43. The number of aromatic nitrogens is 1. The van der Waals surface area contributed by atoms with Gasteiger partial charge in [0.25, 0.3) is 0 Å². The van der Waals surface area contributed by atoms with Crippen molar-refractivity contribution in [1.29, 1.82) is 0 Å². The highest BCUT2D eigenvalue weighted by molar-refractivity contribution is 7.09. The Labute approximate surface area is 137 Å². The lowest BCUT2D eigenvalue weighted by atomic mass is 10.1. The molecule has 6 heteroatoms. The predicted molar refractivity (Wildman–Crippen MR) is 89.2 cm³/mol. The van der Waals surface area contributed by atoms with E-state index in [1.165, 1.54) is 0 Å². The summed E-state index contributed by atoms with van der Waals surface area (Å²) in [5.41, 5.74) is 0.930. The van der Waals surface area contributed by atoms with E-state index in [1.54, 1.807) is 11.3 Å². The molecule has 1 aliphatic rings. The molecule has 0 spiro atoms. The molecule has 1 aromatic heterocycles. The molecule has 1 aliphatic heterocycles. The molecule has 1 saturated heterocycles. The van der Waals surface area contributed by atoms with Gasteiger partial charge in [-0.15, -0.1) is 11.3 Å². The van der Waals surface area contributed by atoms with E-state index in [0.717, 1.165) is 36.7 Å². The Morgan fingerprint density at radius 2 is 2.32 bits per heavy atom. The summed E-state index contributed by atoms with van der Waals surface area (Å²) < 4.78 is 5.85. The molecule has 5 nitrogen and oxygen atoms in total. The summed E-state index contributed by atoms with van der Waals surface area (Å²) in [5, 5.41) is 6.05. The third kappa shape index (κ3) is 4.95. The van der Waals surface area contributed by atoms with Crippen LogP contribution in [0.2, 0.25) is 0 Å². The number of rotatable bonds is 6. The van der Waals surface area contributed by atoms with Crippen LogP contribution in [0.5, 0.6) is 0 Å². The van der Waals surface area contributed by atoms with E-state index in [2.05, 4.69) is 24.1 Å². The highest BCUT2D eigenvalue weighted by Crippen LogP contribution is 2.18.